The van der Waals surface area contributed by atoms with Crippen molar-refractivity contribution in [1.82, 2.24) is 4.98 Å². The molecule has 1 aromatic carbocycles. The largest absolute Gasteiger partial charge is 0.461 e. The van der Waals surface area contributed by atoms with E-state index in [2.05, 4.69) is 42.6 Å². The number of halogens is 1. The molecule has 0 atom stereocenters. The predicted octanol–water partition coefficient (Wildman–Crippen LogP) is 4.35. The number of anilines is 1. The van der Waals surface area contributed by atoms with Crippen LogP contribution in [-0.2, 0) is 11.2 Å². The first-order chi connectivity index (χ1) is 10.2. The molecule has 0 spiro atoms. The second-order valence-corrected chi connectivity index (χ2v) is 7.29. The molecule has 0 unspecified atom stereocenters. The number of hydrogen-bond donors (Lipinski definition) is 0. The molecule has 0 saturated heterocycles. The van der Waals surface area contributed by atoms with E-state index in [0.29, 0.717) is 11.6 Å². The van der Waals surface area contributed by atoms with Gasteiger partial charge < -0.3 is 9.04 Å². The Morgan fingerprint density at radius 2 is 2.33 bits per heavy atom. The topological polar surface area (TPSA) is 42.4 Å². The smallest absolute Gasteiger partial charge is 0.367 e. The number of benzene rings is 1. The maximum atomic E-state index is 11.9. The fourth-order valence-corrected chi connectivity index (χ4v) is 4.88. The summed E-state index contributed by atoms with van der Waals surface area (Å²) in [5.41, 5.74) is 3.16. The van der Waals surface area contributed by atoms with Crippen LogP contribution in [0.1, 0.15) is 21.6 Å². The Labute approximate surface area is 143 Å². The lowest BCUT2D eigenvalue weighted by molar-refractivity contribution is 0.0526. The van der Waals surface area contributed by atoms with Crippen LogP contribution in [0.25, 0.3) is 11.3 Å². The van der Waals surface area contributed by atoms with Crippen LogP contribution < -0.4 is 4.31 Å². The van der Waals surface area contributed by atoms with Crippen LogP contribution >= 0.6 is 41.7 Å². The summed E-state index contributed by atoms with van der Waals surface area (Å²) in [6, 6.07) is 8.20. The lowest BCUT2D eigenvalue weighted by Crippen LogP contribution is -2.14. The quantitative estimate of drug-likeness (QED) is 0.410. The summed E-state index contributed by atoms with van der Waals surface area (Å²) in [4.78, 5) is 17.6. The van der Waals surface area contributed by atoms with Gasteiger partial charge in [0.05, 0.1) is 18.0 Å². The molecule has 110 valence electrons. The minimum Gasteiger partial charge on any atom is -0.461 e. The summed E-state index contributed by atoms with van der Waals surface area (Å²) >= 11 is 3.75. The van der Waals surface area contributed by atoms with Crippen LogP contribution in [0.5, 0.6) is 0 Å². The maximum Gasteiger partial charge on any atom is 0.367 e. The average molecular weight is 432 g/mol. The third-order valence-electron chi connectivity index (χ3n) is 3.20. The molecule has 4 nitrogen and oxygen atoms in total. The van der Waals surface area contributed by atoms with Gasteiger partial charge in [0.15, 0.2) is 0 Å². The molecule has 2 heterocycles. The Balaban J connectivity index is 2.07. The number of rotatable bonds is 3. The molecule has 0 N–H and O–H groups in total. The Hall–Kier alpha value is -0.800. The fraction of sp³-hybridized carbons (Fsp3) is 0.286. The number of para-hydroxylation sites is 1. The van der Waals surface area contributed by atoms with E-state index in [1.807, 2.05) is 12.1 Å². The number of esters is 1. The third kappa shape index (κ3) is 2.91. The first-order valence-corrected chi connectivity index (χ1v) is 10.7. The monoisotopic (exact) mass is 432 g/mol. The number of carbonyl (C=O) groups excluding carboxylic acids is 1. The van der Waals surface area contributed by atoms with E-state index in [4.69, 9.17) is 4.74 Å². The highest BCUT2D eigenvalue weighted by atomic mass is 127. The van der Waals surface area contributed by atoms with E-state index < -0.39 is 0 Å². The van der Waals surface area contributed by atoms with Crippen molar-refractivity contribution < 1.29 is 9.53 Å². The molecular weight excluding hydrogens is 419 g/mol. The molecule has 1 aromatic heterocycles. The SMILES string of the molecule is CCOC(=O)c1nc2c(s1)CCN(SI)c1ccccc1-2. The molecule has 7 heteroatoms. The number of carbonyl (C=O) groups is 1. The second kappa shape index (κ2) is 6.53. The normalized spacial score (nSPS) is 13.3. The van der Waals surface area contributed by atoms with Gasteiger partial charge in [-0.3, -0.25) is 0 Å². The van der Waals surface area contributed by atoms with Gasteiger partial charge in [0.1, 0.15) is 0 Å². The summed E-state index contributed by atoms with van der Waals surface area (Å²) in [5, 5.41) is 0.451. The Kier molecular flexibility index (Phi) is 4.70. The van der Waals surface area contributed by atoms with Crippen LogP contribution in [-0.4, -0.2) is 24.1 Å². The van der Waals surface area contributed by atoms with Gasteiger partial charge in [-0.1, -0.05) is 18.2 Å². The van der Waals surface area contributed by atoms with Crippen molar-refractivity contribution >= 4 is 53.3 Å². The highest BCUT2D eigenvalue weighted by molar-refractivity contribution is 14.2. The van der Waals surface area contributed by atoms with E-state index in [0.717, 1.165) is 34.8 Å². The molecule has 0 bridgehead atoms. The van der Waals surface area contributed by atoms with E-state index >= 15 is 0 Å². The lowest BCUT2D eigenvalue weighted by Gasteiger charge is -2.19. The molecule has 1 aliphatic rings. The summed E-state index contributed by atoms with van der Waals surface area (Å²) in [7, 11) is 1.68. The molecule has 1 aliphatic heterocycles. The highest BCUT2D eigenvalue weighted by Crippen LogP contribution is 2.41. The highest BCUT2D eigenvalue weighted by Gasteiger charge is 2.25. The zero-order valence-corrected chi connectivity index (χ0v) is 15.1. The molecule has 0 amide bonds. The molecule has 3 rings (SSSR count). The fourth-order valence-electron chi connectivity index (χ4n) is 2.30. The number of fused-ring (bicyclic) bond motifs is 3. The summed E-state index contributed by atoms with van der Waals surface area (Å²) in [6.45, 7) is 3.09. The summed E-state index contributed by atoms with van der Waals surface area (Å²) in [5.74, 6) is -0.326. The average Bonchev–Trinajstić information content (AvgIpc) is 2.87. The van der Waals surface area contributed by atoms with E-state index in [9.17, 15) is 4.79 Å². The van der Waals surface area contributed by atoms with Gasteiger partial charge in [0, 0.05) is 53.7 Å². The molecule has 21 heavy (non-hydrogen) atoms. The van der Waals surface area contributed by atoms with E-state index in [-0.39, 0.29) is 5.97 Å². The Morgan fingerprint density at radius 3 is 3.10 bits per heavy atom. The predicted molar refractivity (Wildman–Crippen MR) is 96.2 cm³/mol. The molecule has 0 radical (unpaired) electrons. The zero-order valence-electron chi connectivity index (χ0n) is 11.3. The maximum absolute atomic E-state index is 11.9. The number of ether oxygens (including phenoxy) is 1. The van der Waals surface area contributed by atoms with E-state index in [1.165, 1.54) is 11.3 Å². The molecule has 0 aliphatic carbocycles. The number of hydrogen-bond acceptors (Lipinski definition) is 6. The molecule has 2 aromatic rings. The molecular formula is C14H13IN2O2S2. The van der Waals surface area contributed by atoms with Gasteiger partial charge in [0.25, 0.3) is 0 Å². The van der Waals surface area contributed by atoms with Gasteiger partial charge in [-0.15, -0.1) is 11.3 Å². The van der Waals surface area contributed by atoms with Crippen molar-refractivity contribution in [2.24, 2.45) is 0 Å². The van der Waals surface area contributed by atoms with Crippen molar-refractivity contribution in [3.05, 3.63) is 34.2 Å². The van der Waals surface area contributed by atoms with Gasteiger partial charge >= 0.3 is 5.97 Å². The third-order valence-corrected chi connectivity index (χ3v) is 6.27. The summed E-state index contributed by atoms with van der Waals surface area (Å²) in [6.07, 6.45) is 0.886. The number of thiazole rings is 1. The molecule has 0 saturated carbocycles. The van der Waals surface area contributed by atoms with Gasteiger partial charge in [0.2, 0.25) is 5.01 Å². The minimum absolute atomic E-state index is 0.326. The Morgan fingerprint density at radius 1 is 1.52 bits per heavy atom. The van der Waals surface area contributed by atoms with E-state index in [1.54, 1.807) is 16.0 Å². The number of nitrogens with zero attached hydrogens (tertiary/aromatic N) is 2. The first kappa shape index (κ1) is 15.1. The summed E-state index contributed by atoms with van der Waals surface area (Å²) < 4.78 is 7.32. The first-order valence-electron chi connectivity index (χ1n) is 6.57. The van der Waals surface area contributed by atoms with Crippen molar-refractivity contribution in [1.29, 1.82) is 0 Å². The van der Waals surface area contributed by atoms with Gasteiger partial charge in [-0.05, 0) is 13.0 Å². The number of aromatic nitrogens is 1. The molecule has 0 fully saturated rings. The second-order valence-electron chi connectivity index (χ2n) is 4.45. The van der Waals surface area contributed by atoms with Gasteiger partial charge in [-0.2, -0.15) is 0 Å². The lowest BCUT2D eigenvalue weighted by atomic mass is 10.1. The van der Waals surface area contributed by atoms with Crippen LogP contribution in [0.4, 0.5) is 5.69 Å². The van der Waals surface area contributed by atoms with Crippen molar-refractivity contribution in [3.8, 4) is 11.3 Å². The Bertz CT molecular complexity index is 675. The standard InChI is InChI=1S/C14H13IN2O2S2/c1-2-19-14(18)13-16-12-9-5-3-4-6-10(9)17(21-15)8-7-11(12)20-13/h3-6H,2,7-8H2,1H3. The van der Waals surface area contributed by atoms with Gasteiger partial charge in [-0.25, -0.2) is 9.78 Å². The minimum atomic E-state index is -0.326. The van der Waals surface area contributed by atoms with Crippen LogP contribution in [0.2, 0.25) is 0 Å². The van der Waals surface area contributed by atoms with Crippen molar-refractivity contribution in [2.75, 3.05) is 17.5 Å². The van der Waals surface area contributed by atoms with Crippen LogP contribution in [0, 0.1) is 0 Å². The zero-order chi connectivity index (χ0) is 14.8. The van der Waals surface area contributed by atoms with Crippen LogP contribution in [0.15, 0.2) is 24.3 Å². The van der Waals surface area contributed by atoms with Crippen molar-refractivity contribution in [2.45, 2.75) is 13.3 Å². The van der Waals surface area contributed by atoms with Crippen LogP contribution in [0.3, 0.4) is 0 Å². The van der Waals surface area contributed by atoms with Crippen molar-refractivity contribution in [3.63, 3.8) is 0 Å².